The van der Waals surface area contributed by atoms with Gasteiger partial charge in [-0.05, 0) is 38.8 Å². The van der Waals surface area contributed by atoms with Crippen LogP contribution < -0.4 is 16.0 Å². The van der Waals surface area contributed by atoms with Gasteiger partial charge in [0.15, 0.2) is 5.96 Å². The second kappa shape index (κ2) is 10.7. The third kappa shape index (κ3) is 6.74. The Morgan fingerprint density at radius 3 is 2.64 bits per heavy atom. The molecule has 6 heteroatoms. The zero-order valence-corrected chi connectivity index (χ0v) is 15.4. The first-order valence-corrected chi connectivity index (χ1v) is 9.29. The van der Waals surface area contributed by atoms with Gasteiger partial charge in [0.1, 0.15) is 6.54 Å². The zero-order chi connectivity index (χ0) is 17.9. The summed E-state index contributed by atoms with van der Waals surface area (Å²) in [7, 11) is 0. The summed E-state index contributed by atoms with van der Waals surface area (Å²) < 4.78 is 0. The van der Waals surface area contributed by atoms with Crippen molar-refractivity contribution in [3.8, 4) is 0 Å². The van der Waals surface area contributed by atoms with E-state index in [2.05, 4.69) is 56.2 Å². The van der Waals surface area contributed by atoms with Gasteiger partial charge < -0.3 is 16.0 Å². The van der Waals surface area contributed by atoms with Crippen molar-refractivity contribution in [1.29, 1.82) is 0 Å². The lowest BCUT2D eigenvalue weighted by Gasteiger charge is -2.25. The zero-order valence-electron chi connectivity index (χ0n) is 15.4. The van der Waals surface area contributed by atoms with Crippen LogP contribution in [-0.4, -0.2) is 55.5 Å². The molecular formula is C19H31N5O. The van der Waals surface area contributed by atoms with Gasteiger partial charge in [0.05, 0.1) is 0 Å². The van der Waals surface area contributed by atoms with Crippen LogP contribution >= 0.6 is 0 Å². The van der Waals surface area contributed by atoms with Gasteiger partial charge in [0, 0.05) is 32.2 Å². The van der Waals surface area contributed by atoms with Crippen LogP contribution in [-0.2, 0) is 11.3 Å². The van der Waals surface area contributed by atoms with Crippen molar-refractivity contribution in [2.75, 3.05) is 32.7 Å². The number of likely N-dealkylation sites (tertiary alicyclic amines) is 1. The summed E-state index contributed by atoms with van der Waals surface area (Å²) in [5.74, 6) is 0.659. The van der Waals surface area contributed by atoms with Gasteiger partial charge in [0.25, 0.3) is 0 Å². The molecule has 0 bridgehead atoms. The molecule has 1 aromatic carbocycles. The minimum absolute atomic E-state index is 0.0497. The Morgan fingerprint density at radius 1 is 1.16 bits per heavy atom. The first-order valence-electron chi connectivity index (χ1n) is 9.29. The predicted octanol–water partition coefficient (Wildman–Crippen LogP) is 1.34. The van der Waals surface area contributed by atoms with E-state index in [1.165, 1.54) is 18.4 Å². The van der Waals surface area contributed by atoms with Gasteiger partial charge in [-0.15, -0.1) is 0 Å². The normalized spacial score (nSPS) is 18.2. The van der Waals surface area contributed by atoms with Crippen molar-refractivity contribution in [1.82, 2.24) is 20.9 Å². The summed E-state index contributed by atoms with van der Waals surface area (Å²) >= 11 is 0. The van der Waals surface area contributed by atoms with Gasteiger partial charge >= 0.3 is 0 Å². The molecule has 1 atom stereocenters. The fourth-order valence-electron chi connectivity index (χ4n) is 3.11. The van der Waals surface area contributed by atoms with E-state index < -0.39 is 0 Å². The Balaban J connectivity index is 1.85. The standard InChI is InChI=1S/C19H31N5O/c1-3-20-18(25)14-23-19(21-4-2)22-13-17-11-8-12-24(17)15-16-9-6-5-7-10-16/h5-7,9-10,17H,3-4,8,11-15H2,1-2H3,(H,20,25)(H2,21,22,23). The van der Waals surface area contributed by atoms with E-state index in [1.807, 2.05) is 13.8 Å². The minimum atomic E-state index is -0.0497. The molecule has 0 spiro atoms. The summed E-state index contributed by atoms with van der Waals surface area (Å²) in [5, 5.41) is 9.37. The molecule has 3 N–H and O–H groups in total. The molecule has 1 fully saturated rings. The molecule has 1 amide bonds. The summed E-state index contributed by atoms with van der Waals surface area (Å²) in [5.41, 5.74) is 1.35. The quantitative estimate of drug-likeness (QED) is 0.491. The number of likely N-dealkylation sites (N-methyl/N-ethyl adjacent to an activating group) is 1. The highest BCUT2D eigenvalue weighted by Gasteiger charge is 2.24. The Hall–Kier alpha value is -2.08. The molecule has 25 heavy (non-hydrogen) atoms. The maximum absolute atomic E-state index is 11.6. The summed E-state index contributed by atoms with van der Waals surface area (Å²) in [6.07, 6.45) is 2.42. The third-order valence-electron chi connectivity index (χ3n) is 4.33. The second-order valence-corrected chi connectivity index (χ2v) is 6.28. The van der Waals surface area contributed by atoms with Crippen molar-refractivity contribution in [3.63, 3.8) is 0 Å². The highest BCUT2D eigenvalue weighted by atomic mass is 16.1. The molecular weight excluding hydrogens is 314 g/mol. The van der Waals surface area contributed by atoms with E-state index in [1.54, 1.807) is 0 Å². The molecule has 2 rings (SSSR count). The van der Waals surface area contributed by atoms with E-state index in [9.17, 15) is 4.79 Å². The van der Waals surface area contributed by atoms with Crippen LogP contribution in [0.5, 0.6) is 0 Å². The number of rotatable bonds is 8. The first kappa shape index (κ1) is 19.2. The Bertz CT molecular complexity index is 546. The largest absolute Gasteiger partial charge is 0.357 e. The minimum Gasteiger partial charge on any atom is -0.357 e. The Morgan fingerprint density at radius 2 is 1.92 bits per heavy atom. The molecule has 6 nitrogen and oxygen atoms in total. The number of guanidine groups is 1. The Labute approximate surface area is 151 Å². The lowest BCUT2D eigenvalue weighted by atomic mass is 10.2. The highest BCUT2D eigenvalue weighted by molar-refractivity contribution is 5.84. The van der Waals surface area contributed by atoms with Gasteiger partial charge in [-0.2, -0.15) is 0 Å². The molecule has 0 saturated carbocycles. The van der Waals surface area contributed by atoms with E-state index in [0.717, 1.165) is 26.2 Å². The SMILES string of the molecule is CCNC(=O)CN=C(NCC)NCC1CCCN1Cc1ccccc1. The van der Waals surface area contributed by atoms with Gasteiger partial charge in [-0.1, -0.05) is 30.3 Å². The second-order valence-electron chi connectivity index (χ2n) is 6.28. The van der Waals surface area contributed by atoms with Crippen LogP contribution in [0.1, 0.15) is 32.3 Å². The van der Waals surface area contributed by atoms with Crippen molar-refractivity contribution in [2.45, 2.75) is 39.3 Å². The van der Waals surface area contributed by atoms with Crippen molar-refractivity contribution in [3.05, 3.63) is 35.9 Å². The highest BCUT2D eigenvalue weighted by Crippen LogP contribution is 2.19. The number of hydrogen-bond donors (Lipinski definition) is 3. The molecule has 138 valence electrons. The molecule has 1 aromatic rings. The summed E-state index contributed by atoms with van der Waals surface area (Å²) in [4.78, 5) is 18.5. The number of carbonyl (C=O) groups is 1. The molecule has 1 aliphatic rings. The monoisotopic (exact) mass is 345 g/mol. The average Bonchev–Trinajstić information content (AvgIpc) is 3.05. The molecule has 0 radical (unpaired) electrons. The number of carbonyl (C=O) groups excluding carboxylic acids is 1. The molecule has 1 unspecified atom stereocenters. The number of amides is 1. The van der Waals surface area contributed by atoms with Gasteiger partial charge in [-0.25, -0.2) is 4.99 Å². The average molecular weight is 345 g/mol. The summed E-state index contributed by atoms with van der Waals surface area (Å²) in [6, 6.07) is 11.1. The molecule has 1 aliphatic heterocycles. The first-order chi connectivity index (χ1) is 12.2. The van der Waals surface area contributed by atoms with Crippen LogP contribution in [0.15, 0.2) is 35.3 Å². The van der Waals surface area contributed by atoms with Crippen molar-refractivity contribution in [2.24, 2.45) is 4.99 Å². The predicted molar refractivity (Wildman–Crippen MR) is 103 cm³/mol. The summed E-state index contributed by atoms with van der Waals surface area (Å²) in [6.45, 7) is 8.46. The van der Waals surface area contributed by atoms with Crippen LogP contribution in [0.25, 0.3) is 0 Å². The molecule has 1 heterocycles. The van der Waals surface area contributed by atoms with Gasteiger partial charge in [-0.3, -0.25) is 9.69 Å². The number of nitrogens with one attached hydrogen (secondary N) is 3. The lowest BCUT2D eigenvalue weighted by Crippen LogP contribution is -2.45. The molecule has 0 aliphatic carbocycles. The van der Waals surface area contributed by atoms with E-state index >= 15 is 0 Å². The van der Waals surface area contributed by atoms with E-state index in [-0.39, 0.29) is 12.5 Å². The lowest BCUT2D eigenvalue weighted by molar-refractivity contribution is -0.119. The van der Waals surface area contributed by atoms with Crippen molar-refractivity contribution < 1.29 is 4.79 Å². The third-order valence-corrected chi connectivity index (χ3v) is 4.33. The van der Waals surface area contributed by atoms with Crippen LogP contribution in [0.4, 0.5) is 0 Å². The number of hydrogen-bond acceptors (Lipinski definition) is 3. The Kier molecular flexibility index (Phi) is 8.25. The number of benzene rings is 1. The van der Waals surface area contributed by atoms with Crippen LogP contribution in [0.2, 0.25) is 0 Å². The molecule has 1 saturated heterocycles. The fraction of sp³-hybridized carbons (Fsp3) is 0.579. The van der Waals surface area contributed by atoms with E-state index in [4.69, 9.17) is 0 Å². The van der Waals surface area contributed by atoms with Gasteiger partial charge in [0.2, 0.25) is 5.91 Å². The smallest absolute Gasteiger partial charge is 0.241 e. The van der Waals surface area contributed by atoms with Crippen molar-refractivity contribution >= 4 is 11.9 Å². The van der Waals surface area contributed by atoms with Crippen LogP contribution in [0, 0.1) is 0 Å². The van der Waals surface area contributed by atoms with E-state index in [0.29, 0.717) is 18.5 Å². The number of aliphatic imine (C=N–C) groups is 1. The topological polar surface area (TPSA) is 68.8 Å². The maximum Gasteiger partial charge on any atom is 0.241 e. The fourth-order valence-corrected chi connectivity index (χ4v) is 3.11. The van der Waals surface area contributed by atoms with Crippen LogP contribution in [0.3, 0.4) is 0 Å². The molecule has 0 aromatic heterocycles. The maximum atomic E-state index is 11.6. The number of nitrogens with zero attached hydrogens (tertiary/aromatic N) is 2.